The summed E-state index contributed by atoms with van der Waals surface area (Å²) in [6.45, 7) is 1.72. The molecule has 0 aliphatic carbocycles. The van der Waals surface area contributed by atoms with Gasteiger partial charge in [-0.1, -0.05) is 12.5 Å². The molecule has 0 unspecified atom stereocenters. The van der Waals surface area contributed by atoms with E-state index in [2.05, 4.69) is 15.5 Å². The van der Waals surface area contributed by atoms with Crippen molar-refractivity contribution in [1.82, 2.24) is 10.2 Å². The zero-order valence-electron chi connectivity index (χ0n) is 16.5. The predicted molar refractivity (Wildman–Crippen MR) is 112 cm³/mol. The summed E-state index contributed by atoms with van der Waals surface area (Å²) in [7, 11) is -3.19. The molecule has 3 heterocycles. The molecule has 2 fully saturated rings. The quantitative estimate of drug-likeness (QED) is 0.749. The molecule has 9 heteroatoms. The highest BCUT2D eigenvalue weighted by Crippen LogP contribution is 2.23. The van der Waals surface area contributed by atoms with Gasteiger partial charge in [0.2, 0.25) is 0 Å². The van der Waals surface area contributed by atoms with E-state index >= 15 is 0 Å². The van der Waals surface area contributed by atoms with Gasteiger partial charge >= 0.3 is 0 Å². The van der Waals surface area contributed by atoms with Crippen LogP contribution in [0.25, 0.3) is 0 Å². The molecule has 2 saturated heterocycles. The number of benzene rings is 1. The van der Waals surface area contributed by atoms with Crippen LogP contribution < -0.4 is 10.6 Å². The number of nitrogens with zero attached hydrogens (tertiary/aromatic N) is 1. The summed E-state index contributed by atoms with van der Waals surface area (Å²) in [4.78, 5) is 27.2. The highest BCUT2D eigenvalue weighted by Gasteiger charge is 2.42. The Labute approximate surface area is 175 Å². The maximum absolute atomic E-state index is 12.9. The molecule has 2 aromatic rings. The number of nitrogens with one attached hydrogen (secondary N) is 2. The molecular formula is C21H25N3O5S. The van der Waals surface area contributed by atoms with Crippen LogP contribution >= 0.6 is 0 Å². The first kappa shape index (κ1) is 20.6. The SMILES string of the molecule is O=C(N[C@H]1CS(=O)(=O)C[C@H]1N1CCCCC1)c1cccc(NC(=O)c2ccco2)c1. The molecule has 0 radical (unpaired) electrons. The van der Waals surface area contributed by atoms with E-state index in [1.165, 1.54) is 6.26 Å². The van der Waals surface area contributed by atoms with Crippen molar-refractivity contribution in [2.45, 2.75) is 31.3 Å². The van der Waals surface area contributed by atoms with Gasteiger partial charge in [0.15, 0.2) is 15.6 Å². The van der Waals surface area contributed by atoms with E-state index < -0.39 is 21.8 Å². The molecule has 2 atom stereocenters. The summed E-state index contributed by atoms with van der Waals surface area (Å²) in [5.74, 6) is -0.561. The van der Waals surface area contributed by atoms with Crippen LogP contribution in [0.5, 0.6) is 0 Å². The summed E-state index contributed by atoms with van der Waals surface area (Å²) in [6.07, 6.45) is 4.67. The second kappa shape index (κ2) is 8.61. The van der Waals surface area contributed by atoms with Gasteiger partial charge in [-0.2, -0.15) is 0 Å². The first-order valence-corrected chi connectivity index (χ1v) is 11.9. The first-order valence-electron chi connectivity index (χ1n) is 10.1. The molecule has 2 amide bonds. The van der Waals surface area contributed by atoms with E-state index in [9.17, 15) is 18.0 Å². The first-order chi connectivity index (χ1) is 14.4. The van der Waals surface area contributed by atoms with Gasteiger partial charge in [0.25, 0.3) is 11.8 Å². The Bertz CT molecular complexity index is 1010. The highest BCUT2D eigenvalue weighted by atomic mass is 32.2. The van der Waals surface area contributed by atoms with Crippen molar-refractivity contribution in [3.05, 3.63) is 54.0 Å². The van der Waals surface area contributed by atoms with Crippen LogP contribution in [-0.2, 0) is 9.84 Å². The molecule has 2 aliphatic rings. The van der Waals surface area contributed by atoms with Gasteiger partial charge in [-0.3, -0.25) is 14.5 Å². The van der Waals surface area contributed by atoms with Crippen LogP contribution in [0.3, 0.4) is 0 Å². The second-order valence-electron chi connectivity index (χ2n) is 7.83. The van der Waals surface area contributed by atoms with Crippen molar-refractivity contribution in [2.75, 3.05) is 29.9 Å². The molecule has 1 aromatic carbocycles. The monoisotopic (exact) mass is 431 g/mol. The molecule has 30 heavy (non-hydrogen) atoms. The topological polar surface area (TPSA) is 109 Å². The lowest BCUT2D eigenvalue weighted by Gasteiger charge is -2.35. The maximum atomic E-state index is 12.9. The molecule has 2 aliphatic heterocycles. The largest absolute Gasteiger partial charge is 0.459 e. The fourth-order valence-corrected chi connectivity index (χ4v) is 6.12. The predicted octanol–water partition coefficient (Wildman–Crippen LogP) is 1.91. The van der Waals surface area contributed by atoms with E-state index in [-0.39, 0.29) is 29.2 Å². The number of hydrogen-bond donors (Lipinski definition) is 2. The highest BCUT2D eigenvalue weighted by molar-refractivity contribution is 7.91. The Morgan fingerprint density at radius 1 is 1.00 bits per heavy atom. The lowest BCUT2D eigenvalue weighted by molar-refractivity contribution is 0.0899. The van der Waals surface area contributed by atoms with E-state index in [1.807, 2.05) is 0 Å². The number of likely N-dealkylation sites (tertiary alicyclic amines) is 1. The third-order valence-corrected chi connectivity index (χ3v) is 7.34. The number of sulfone groups is 1. The number of amides is 2. The molecule has 0 bridgehead atoms. The van der Waals surface area contributed by atoms with E-state index in [0.29, 0.717) is 11.3 Å². The number of furan rings is 1. The number of anilines is 1. The van der Waals surface area contributed by atoms with Crippen LogP contribution in [0.15, 0.2) is 47.1 Å². The maximum Gasteiger partial charge on any atom is 0.291 e. The van der Waals surface area contributed by atoms with E-state index in [4.69, 9.17) is 4.42 Å². The standard InChI is InChI=1S/C21H25N3O5S/c25-20(15-6-4-7-16(12-15)22-21(26)19-8-5-11-29-19)23-17-13-30(27,28)14-18(17)24-9-2-1-3-10-24/h4-8,11-12,17-18H,1-3,9-10,13-14H2,(H,22,26)(H,23,25)/t17-,18+/m0/s1. The summed E-state index contributed by atoms with van der Waals surface area (Å²) < 4.78 is 29.6. The molecule has 160 valence electrons. The van der Waals surface area contributed by atoms with Gasteiger partial charge in [-0.05, 0) is 56.3 Å². The molecule has 8 nitrogen and oxygen atoms in total. The van der Waals surface area contributed by atoms with E-state index in [1.54, 1.807) is 36.4 Å². The third-order valence-electron chi connectivity index (χ3n) is 5.63. The Balaban J connectivity index is 1.45. The van der Waals surface area contributed by atoms with Gasteiger partial charge in [-0.25, -0.2) is 8.42 Å². The van der Waals surface area contributed by atoms with Crippen LogP contribution in [0.2, 0.25) is 0 Å². The summed E-state index contributed by atoms with van der Waals surface area (Å²) in [5.41, 5.74) is 0.810. The second-order valence-corrected chi connectivity index (χ2v) is 9.99. The van der Waals surface area contributed by atoms with Gasteiger partial charge in [0.05, 0.1) is 23.8 Å². The normalized spacial score (nSPS) is 23.7. The number of piperidine rings is 1. The van der Waals surface area contributed by atoms with Crippen LogP contribution in [0.4, 0.5) is 5.69 Å². The van der Waals surface area contributed by atoms with Crippen molar-refractivity contribution in [2.24, 2.45) is 0 Å². The lowest BCUT2D eigenvalue weighted by Crippen LogP contribution is -2.52. The minimum absolute atomic E-state index is 0.0468. The third kappa shape index (κ3) is 4.73. The smallest absolute Gasteiger partial charge is 0.291 e. The lowest BCUT2D eigenvalue weighted by atomic mass is 10.0. The Hall–Kier alpha value is -2.65. The average molecular weight is 432 g/mol. The molecule has 2 N–H and O–H groups in total. The van der Waals surface area contributed by atoms with Gasteiger partial charge < -0.3 is 15.1 Å². The zero-order valence-corrected chi connectivity index (χ0v) is 17.4. The molecule has 1 aromatic heterocycles. The number of hydrogen-bond acceptors (Lipinski definition) is 6. The van der Waals surface area contributed by atoms with Crippen molar-refractivity contribution >= 4 is 27.3 Å². The fraction of sp³-hybridized carbons (Fsp3) is 0.429. The molecule has 0 saturated carbocycles. The molecule has 4 rings (SSSR count). The summed E-state index contributed by atoms with van der Waals surface area (Å²) in [6, 6.07) is 9.07. The molecular weight excluding hydrogens is 406 g/mol. The van der Waals surface area contributed by atoms with Gasteiger partial charge in [-0.15, -0.1) is 0 Å². The minimum atomic E-state index is -3.19. The fourth-order valence-electron chi connectivity index (χ4n) is 4.17. The number of rotatable bonds is 5. The van der Waals surface area contributed by atoms with Crippen molar-refractivity contribution in [3.8, 4) is 0 Å². The number of carbonyl (C=O) groups is 2. The minimum Gasteiger partial charge on any atom is -0.459 e. The Morgan fingerprint density at radius 2 is 1.80 bits per heavy atom. The summed E-state index contributed by atoms with van der Waals surface area (Å²) in [5, 5.41) is 5.61. The van der Waals surface area contributed by atoms with Crippen molar-refractivity contribution < 1.29 is 22.4 Å². The Morgan fingerprint density at radius 3 is 2.53 bits per heavy atom. The van der Waals surface area contributed by atoms with Crippen LogP contribution in [0.1, 0.15) is 40.2 Å². The summed E-state index contributed by atoms with van der Waals surface area (Å²) >= 11 is 0. The number of carbonyl (C=O) groups excluding carboxylic acids is 2. The van der Waals surface area contributed by atoms with Gasteiger partial charge in [0, 0.05) is 17.3 Å². The van der Waals surface area contributed by atoms with E-state index in [0.717, 1.165) is 32.4 Å². The Kier molecular flexibility index (Phi) is 5.92. The van der Waals surface area contributed by atoms with Gasteiger partial charge in [0.1, 0.15) is 0 Å². The van der Waals surface area contributed by atoms with Crippen LogP contribution in [-0.4, -0.2) is 61.8 Å². The van der Waals surface area contributed by atoms with Crippen molar-refractivity contribution in [3.63, 3.8) is 0 Å². The molecule has 0 spiro atoms. The van der Waals surface area contributed by atoms with Crippen LogP contribution in [0, 0.1) is 0 Å². The van der Waals surface area contributed by atoms with Crippen molar-refractivity contribution in [1.29, 1.82) is 0 Å². The average Bonchev–Trinajstić information content (AvgIpc) is 3.37. The zero-order chi connectivity index (χ0) is 21.1.